The van der Waals surface area contributed by atoms with E-state index in [2.05, 4.69) is 31.4 Å². The summed E-state index contributed by atoms with van der Waals surface area (Å²) in [6, 6.07) is 8.05. The lowest BCUT2D eigenvalue weighted by atomic mass is 9.91. The molecule has 1 saturated heterocycles. The van der Waals surface area contributed by atoms with Crippen molar-refractivity contribution in [1.82, 2.24) is 14.4 Å². The lowest BCUT2D eigenvalue weighted by molar-refractivity contribution is -0.132. The van der Waals surface area contributed by atoms with Gasteiger partial charge in [-0.25, -0.2) is 0 Å². The zero-order valence-corrected chi connectivity index (χ0v) is 17.2. The van der Waals surface area contributed by atoms with Crippen molar-refractivity contribution in [2.75, 3.05) is 26.2 Å². The molecular formula is C22H31N3O2. The van der Waals surface area contributed by atoms with Gasteiger partial charge in [-0.15, -0.1) is 0 Å². The molecule has 2 aromatic rings. The van der Waals surface area contributed by atoms with Crippen LogP contribution in [-0.4, -0.2) is 52.4 Å². The summed E-state index contributed by atoms with van der Waals surface area (Å²) in [5.74, 6) is 0.271. The molecular weight excluding hydrogens is 338 g/mol. The molecule has 1 aromatic carbocycles. The van der Waals surface area contributed by atoms with Gasteiger partial charge in [0.1, 0.15) is 0 Å². The van der Waals surface area contributed by atoms with E-state index in [-0.39, 0.29) is 17.2 Å². The van der Waals surface area contributed by atoms with E-state index in [9.17, 15) is 9.59 Å². The predicted octanol–water partition coefficient (Wildman–Crippen LogP) is 3.60. The smallest absolute Gasteiger partial charge is 0.256 e. The Bertz CT molecular complexity index is 860. The molecule has 0 unspecified atom stereocenters. The molecule has 1 fully saturated rings. The van der Waals surface area contributed by atoms with E-state index in [0.29, 0.717) is 26.1 Å². The number of fused-ring (bicyclic) bond motifs is 1. The third-order valence-electron chi connectivity index (χ3n) is 5.43. The van der Waals surface area contributed by atoms with Crippen molar-refractivity contribution in [3.8, 4) is 0 Å². The average Bonchev–Trinajstić information content (AvgIpc) is 2.78. The van der Waals surface area contributed by atoms with Crippen molar-refractivity contribution in [1.29, 1.82) is 0 Å². The fourth-order valence-electron chi connectivity index (χ4n) is 3.88. The number of hydrogen-bond acceptors (Lipinski definition) is 2. The SMILES string of the molecule is Cc1c(C(=O)N2CCCN(C(=O)CC(C)(C)C)CC2)c2ccccc2n1C. The number of carbonyl (C=O) groups is 2. The van der Waals surface area contributed by atoms with E-state index in [1.807, 2.05) is 42.0 Å². The first-order valence-corrected chi connectivity index (χ1v) is 9.80. The molecule has 0 saturated carbocycles. The highest BCUT2D eigenvalue weighted by molar-refractivity contribution is 6.08. The number of amides is 2. The van der Waals surface area contributed by atoms with E-state index in [0.717, 1.165) is 35.1 Å². The fourth-order valence-corrected chi connectivity index (χ4v) is 3.88. The molecule has 0 radical (unpaired) electrons. The first kappa shape index (κ1) is 19.5. The van der Waals surface area contributed by atoms with Crippen molar-refractivity contribution >= 4 is 22.7 Å². The summed E-state index contributed by atoms with van der Waals surface area (Å²) in [6.45, 7) is 10.9. The fraction of sp³-hybridized carbons (Fsp3) is 0.545. The quantitative estimate of drug-likeness (QED) is 0.812. The summed E-state index contributed by atoms with van der Waals surface area (Å²) in [7, 11) is 2.00. The maximum atomic E-state index is 13.3. The molecule has 0 spiro atoms. The Hall–Kier alpha value is -2.30. The topological polar surface area (TPSA) is 45.6 Å². The number of hydrogen-bond donors (Lipinski definition) is 0. The normalized spacial score (nSPS) is 15.9. The molecule has 2 amide bonds. The Labute approximate surface area is 161 Å². The number of carbonyl (C=O) groups excluding carboxylic acids is 2. The number of rotatable bonds is 2. The van der Waals surface area contributed by atoms with Crippen LogP contribution in [0.15, 0.2) is 24.3 Å². The van der Waals surface area contributed by atoms with Crippen molar-refractivity contribution in [3.63, 3.8) is 0 Å². The monoisotopic (exact) mass is 369 g/mol. The summed E-state index contributed by atoms with van der Waals surface area (Å²) in [6.07, 6.45) is 1.37. The summed E-state index contributed by atoms with van der Waals surface area (Å²) in [5, 5.41) is 1.01. The summed E-state index contributed by atoms with van der Waals surface area (Å²) < 4.78 is 2.08. The Kier molecular flexibility index (Phi) is 5.31. The van der Waals surface area contributed by atoms with Gasteiger partial charge in [-0.1, -0.05) is 39.0 Å². The highest BCUT2D eigenvalue weighted by Crippen LogP contribution is 2.27. The Morgan fingerprint density at radius 3 is 2.33 bits per heavy atom. The summed E-state index contributed by atoms with van der Waals surface area (Å²) in [5.41, 5.74) is 2.85. The van der Waals surface area contributed by atoms with E-state index in [1.54, 1.807) is 0 Å². The Balaban J connectivity index is 1.78. The minimum atomic E-state index is -0.0149. The minimum absolute atomic E-state index is 0.0149. The van der Waals surface area contributed by atoms with Crippen molar-refractivity contribution in [2.45, 2.75) is 40.5 Å². The number of para-hydroxylation sites is 1. The third-order valence-corrected chi connectivity index (χ3v) is 5.43. The number of nitrogens with zero attached hydrogens (tertiary/aromatic N) is 3. The molecule has 1 aromatic heterocycles. The molecule has 0 bridgehead atoms. The number of aromatic nitrogens is 1. The van der Waals surface area contributed by atoms with E-state index in [4.69, 9.17) is 0 Å². The van der Waals surface area contributed by atoms with Crippen LogP contribution < -0.4 is 0 Å². The average molecular weight is 370 g/mol. The maximum Gasteiger partial charge on any atom is 0.256 e. The van der Waals surface area contributed by atoms with Gasteiger partial charge in [0, 0.05) is 56.2 Å². The van der Waals surface area contributed by atoms with Crippen LogP contribution >= 0.6 is 0 Å². The first-order chi connectivity index (χ1) is 12.7. The lowest BCUT2D eigenvalue weighted by Crippen LogP contribution is -2.38. The number of aryl methyl sites for hydroxylation is 1. The first-order valence-electron chi connectivity index (χ1n) is 9.80. The molecule has 27 heavy (non-hydrogen) atoms. The van der Waals surface area contributed by atoms with Gasteiger partial charge in [0.2, 0.25) is 5.91 Å². The van der Waals surface area contributed by atoms with Crippen LogP contribution in [0.4, 0.5) is 0 Å². The highest BCUT2D eigenvalue weighted by Gasteiger charge is 2.27. The standard InChI is InChI=1S/C22H31N3O2/c1-16-20(17-9-6-7-10-18(17)23(16)5)21(27)25-12-8-11-24(13-14-25)19(26)15-22(2,3)4/h6-7,9-10H,8,11-15H2,1-5H3. The minimum Gasteiger partial charge on any atom is -0.347 e. The van der Waals surface area contributed by atoms with Crippen molar-refractivity contribution in [2.24, 2.45) is 12.5 Å². The molecule has 1 aliphatic rings. The van der Waals surface area contributed by atoms with Gasteiger partial charge in [0.15, 0.2) is 0 Å². The molecule has 0 atom stereocenters. The van der Waals surface area contributed by atoms with Gasteiger partial charge in [0.25, 0.3) is 5.91 Å². The molecule has 2 heterocycles. The highest BCUT2D eigenvalue weighted by atomic mass is 16.2. The van der Waals surface area contributed by atoms with Crippen LogP contribution in [0.25, 0.3) is 10.9 Å². The van der Waals surface area contributed by atoms with Gasteiger partial charge < -0.3 is 14.4 Å². The molecule has 0 aliphatic carbocycles. The molecule has 146 valence electrons. The third kappa shape index (κ3) is 4.02. The zero-order valence-electron chi connectivity index (χ0n) is 17.2. The van der Waals surface area contributed by atoms with Gasteiger partial charge in [-0.2, -0.15) is 0 Å². The van der Waals surface area contributed by atoms with Gasteiger partial charge in [-0.3, -0.25) is 9.59 Å². The molecule has 3 rings (SSSR count). The van der Waals surface area contributed by atoms with Crippen molar-refractivity contribution < 1.29 is 9.59 Å². The van der Waals surface area contributed by atoms with Gasteiger partial charge in [-0.05, 0) is 24.8 Å². The Morgan fingerprint density at radius 2 is 1.63 bits per heavy atom. The molecule has 0 N–H and O–H groups in total. The molecule has 5 heteroatoms. The van der Waals surface area contributed by atoms with Crippen LogP contribution in [-0.2, 0) is 11.8 Å². The summed E-state index contributed by atoms with van der Waals surface area (Å²) in [4.78, 5) is 29.7. The van der Waals surface area contributed by atoms with Crippen molar-refractivity contribution in [3.05, 3.63) is 35.5 Å². The van der Waals surface area contributed by atoms with E-state index < -0.39 is 0 Å². The van der Waals surface area contributed by atoms with Crippen LogP contribution in [0, 0.1) is 12.3 Å². The maximum absolute atomic E-state index is 13.3. The second kappa shape index (κ2) is 7.37. The lowest BCUT2D eigenvalue weighted by Gasteiger charge is -2.26. The summed E-state index contributed by atoms with van der Waals surface area (Å²) >= 11 is 0. The molecule has 5 nitrogen and oxygen atoms in total. The number of benzene rings is 1. The van der Waals surface area contributed by atoms with Crippen LogP contribution in [0.2, 0.25) is 0 Å². The van der Waals surface area contributed by atoms with Crippen LogP contribution in [0.3, 0.4) is 0 Å². The van der Waals surface area contributed by atoms with Gasteiger partial charge >= 0.3 is 0 Å². The Morgan fingerprint density at radius 1 is 1.00 bits per heavy atom. The molecule has 1 aliphatic heterocycles. The largest absolute Gasteiger partial charge is 0.347 e. The second-order valence-corrected chi connectivity index (χ2v) is 8.80. The second-order valence-electron chi connectivity index (χ2n) is 8.80. The zero-order chi connectivity index (χ0) is 19.8. The van der Waals surface area contributed by atoms with Crippen LogP contribution in [0.5, 0.6) is 0 Å². The van der Waals surface area contributed by atoms with E-state index in [1.165, 1.54) is 0 Å². The van der Waals surface area contributed by atoms with E-state index >= 15 is 0 Å². The predicted molar refractivity (Wildman–Crippen MR) is 109 cm³/mol. The van der Waals surface area contributed by atoms with Crippen LogP contribution in [0.1, 0.15) is 49.7 Å². The van der Waals surface area contributed by atoms with Gasteiger partial charge in [0.05, 0.1) is 5.56 Å².